The summed E-state index contributed by atoms with van der Waals surface area (Å²) in [6.07, 6.45) is 13.6. The van der Waals surface area contributed by atoms with Crippen LogP contribution in [0, 0.1) is 5.41 Å². The molecule has 0 aromatic heterocycles. The smallest absolute Gasteiger partial charge is 0.0277 e. The first-order valence-electron chi connectivity index (χ1n) is 7.24. The Hall–Kier alpha value is 0.290. The monoisotopic (exact) mass is 246 g/mol. The zero-order valence-corrected chi connectivity index (χ0v) is 12.4. The van der Waals surface area contributed by atoms with Gasteiger partial charge < -0.3 is 0 Å². The molecule has 16 heavy (non-hydrogen) atoms. The van der Waals surface area contributed by atoms with E-state index in [-0.39, 0.29) is 0 Å². The minimum Gasteiger partial charge on any atom is -0.126 e. The molecule has 0 saturated carbocycles. The molecule has 0 heterocycles. The lowest BCUT2D eigenvalue weighted by molar-refractivity contribution is 0.288. The van der Waals surface area contributed by atoms with Crippen LogP contribution in [-0.4, -0.2) is 5.88 Å². The summed E-state index contributed by atoms with van der Waals surface area (Å²) in [7, 11) is 0. The molecule has 0 aliphatic rings. The van der Waals surface area contributed by atoms with Gasteiger partial charge in [0.05, 0.1) is 0 Å². The van der Waals surface area contributed by atoms with Crippen molar-refractivity contribution in [3.05, 3.63) is 0 Å². The van der Waals surface area contributed by atoms with Crippen molar-refractivity contribution in [1.82, 2.24) is 0 Å². The van der Waals surface area contributed by atoms with Crippen LogP contribution in [-0.2, 0) is 0 Å². The Labute approximate surface area is 108 Å². The van der Waals surface area contributed by atoms with Crippen molar-refractivity contribution >= 4 is 11.6 Å². The fourth-order valence-electron chi connectivity index (χ4n) is 2.22. The molecular formula is C15H31Cl. The van der Waals surface area contributed by atoms with Crippen LogP contribution in [0.4, 0.5) is 0 Å². The molecule has 1 heteroatoms. The number of hydrogen-bond donors (Lipinski definition) is 0. The molecule has 0 nitrogen and oxygen atoms in total. The molecule has 0 aliphatic carbocycles. The maximum atomic E-state index is 6.13. The summed E-state index contributed by atoms with van der Waals surface area (Å²) in [4.78, 5) is 0. The van der Waals surface area contributed by atoms with Crippen molar-refractivity contribution in [1.29, 1.82) is 0 Å². The van der Waals surface area contributed by atoms with Gasteiger partial charge in [-0.3, -0.25) is 0 Å². The van der Waals surface area contributed by atoms with Crippen LogP contribution in [0.1, 0.15) is 85.0 Å². The summed E-state index contributed by atoms with van der Waals surface area (Å²) >= 11 is 6.13. The average molecular weight is 247 g/mol. The van der Waals surface area contributed by atoms with Crippen LogP contribution < -0.4 is 0 Å². The molecule has 0 aromatic rings. The molecule has 0 fully saturated rings. The average Bonchev–Trinajstić information content (AvgIpc) is 2.31. The quantitative estimate of drug-likeness (QED) is 0.302. The summed E-state index contributed by atoms with van der Waals surface area (Å²) in [5.41, 5.74) is 0.406. The number of hydrogen-bond acceptors (Lipinski definition) is 0. The molecule has 0 aromatic carbocycles. The van der Waals surface area contributed by atoms with Gasteiger partial charge in [0.1, 0.15) is 0 Å². The van der Waals surface area contributed by atoms with E-state index >= 15 is 0 Å². The Morgan fingerprint density at radius 1 is 0.750 bits per heavy atom. The molecule has 98 valence electrons. The van der Waals surface area contributed by atoms with E-state index < -0.39 is 0 Å². The van der Waals surface area contributed by atoms with Crippen LogP contribution in [0.3, 0.4) is 0 Å². The van der Waals surface area contributed by atoms with E-state index in [1.807, 2.05) is 0 Å². The van der Waals surface area contributed by atoms with Gasteiger partial charge in [-0.1, -0.05) is 72.1 Å². The Balaban J connectivity index is 3.64. The molecular weight excluding hydrogens is 216 g/mol. The van der Waals surface area contributed by atoms with Crippen LogP contribution in [0.15, 0.2) is 0 Å². The van der Waals surface area contributed by atoms with Gasteiger partial charge in [-0.2, -0.15) is 0 Å². The van der Waals surface area contributed by atoms with Gasteiger partial charge in [-0.25, -0.2) is 0 Å². The summed E-state index contributed by atoms with van der Waals surface area (Å²) in [6, 6.07) is 0. The molecule has 0 aliphatic heterocycles. The normalized spacial score (nSPS) is 12.0. The van der Waals surface area contributed by atoms with E-state index in [1.165, 1.54) is 64.2 Å². The highest BCUT2D eigenvalue weighted by molar-refractivity contribution is 6.18. The van der Waals surface area contributed by atoms with E-state index in [4.69, 9.17) is 11.6 Å². The SMILES string of the molecule is CCCCCCC(C)(CCl)CCCCCC. The molecule has 0 N–H and O–H groups in total. The number of unbranched alkanes of at least 4 members (excludes halogenated alkanes) is 6. The van der Waals surface area contributed by atoms with Crippen molar-refractivity contribution in [2.24, 2.45) is 5.41 Å². The Morgan fingerprint density at radius 3 is 1.50 bits per heavy atom. The van der Waals surface area contributed by atoms with Gasteiger partial charge >= 0.3 is 0 Å². The van der Waals surface area contributed by atoms with Crippen LogP contribution in [0.25, 0.3) is 0 Å². The van der Waals surface area contributed by atoms with E-state index in [1.54, 1.807) is 0 Å². The first-order valence-corrected chi connectivity index (χ1v) is 7.78. The predicted octanol–water partition coefficient (Wildman–Crippen LogP) is 6.17. The number of halogens is 1. The number of rotatable bonds is 11. The summed E-state index contributed by atoms with van der Waals surface area (Å²) in [5, 5.41) is 0. The summed E-state index contributed by atoms with van der Waals surface area (Å²) < 4.78 is 0. The van der Waals surface area contributed by atoms with Gasteiger partial charge in [-0.05, 0) is 18.3 Å². The first kappa shape index (κ1) is 16.3. The molecule has 0 spiro atoms. The van der Waals surface area contributed by atoms with Crippen LogP contribution >= 0.6 is 11.6 Å². The molecule has 0 unspecified atom stereocenters. The molecule has 0 bridgehead atoms. The molecule has 0 amide bonds. The highest BCUT2D eigenvalue weighted by Crippen LogP contribution is 2.32. The minimum atomic E-state index is 0.406. The summed E-state index contributed by atoms with van der Waals surface area (Å²) in [5.74, 6) is 0.839. The third kappa shape index (κ3) is 8.44. The molecule has 0 rings (SSSR count). The van der Waals surface area contributed by atoms with Gasteiger partial charge in [0.2, 0.25) is 0 Å². The van der Waals surface area contributed by atoms with Gasteiger partial charge in [-0.15, -0.1) is 11.6 Å². The van der Waals surface area contributed by atoms with Crippen molar-refractivity contribution < 1.29 is 0 Å². The third-order valence-electron chi connectivity index (χ3n) is 3.59. The maximum absolute atomic E-state index is 6.13. The molecule has 0 atom stereocenters. The standard InChI is InChI=1S/C15H31Cl/c1-4-6-8-10-12-15(3,14-16)13-11-9-7-5-2/h4-14H2,1-3H3. The molecule has 0 radical (unpaired) electrons. The second-order valence-electron chi connectivity index (χ2n) is 5.57. The second-order valence-corrected chi connectivity index (χ2v) is 5.83. The lowest BCUT2D eigenvalue weighted by Gasteiger charge is -2.27. The van der Waals surface area contributed by atoms with Crippen molar-refractivity contribution in [3.63, 3.8) is 0 Å². The maximum Gasteiger partial charge on any atom is 0.0277 e. The molecule has 0 saturated heterocycles. The van der Waals surface area contributed by atoms with Gasteiger partial charge in [0, 0.05) is 5.88 Å². The predicted molar refractivity (Wildman–Crippen MR) is 76.3 cm³/mol. The van der Waals surface area contributed by atoms with Crippen LogP contribution in [0.5, 0.6) is 0 Å². The highest BCUT2D eigenvalue weighted by atomic mass is 35.5. The van der Waals surface area contributed by atoms with Gasteiger partial charge in [0.15, 0.2) is 0 Å². The van der Waals surface area contributed by atoms with E-state index in [0.717, 1.165) is 5.88 Å². The zero-order chi connectivity index (χ0) is 12.3. The zero-order valence-electron chi connectivity index (χ0n) is 11.7. The lowest BCUT2D eigenvalue weighted by Crippen LogP contribution is -2.18. The Morgan fingerprint density at radius 2 is 1.19 bits per heavy atom. The minimum absolute atomic E-state index is 0.406. The Kier molecular flexibility index (Phi) is 10.6. The van der Waals surface area contributed by atoms with E-state index in [0.29, 0.717) is 5.41 Å². The van der Waals surface area contributed by atoms with E-state index in [2.05, 4.69) is 20.8 Å². The topological polar surface area (TPSA) is 0 Å². The van der Waals surface area contributed by atoms with Crippen molar-refractivity contribution in [2.75, 3.05) is 5.88 Å². The Bertz CT molecular complexity index is 130. The second kappa shape index (κ2) is 10.4. The lowest BCUT2D eigenvalue weighted by atomic mass is 9.81. The first-order chi connectivity index (χ1) is 7.68. The van der Waals surface area contributed by atoms with Crippen molar-refractivity contribution in [3.8, 4) is 0 Å². The highest BCUT2D eigenvalue weighted by Gasteiger charge is 2.21. The number of alkyl halides is 1. The third-order valence-corrected chi connectivity index (χ3v) is 4.24. The van der Waals surface area contributed by atoms with Gasteiger partial charge in [0.25, 0.3) is 0 Å². The fourth-order valence-corrected chi connectivity index (χ4v) is 2.48. The van der Waals surface area contributed by atoms with E-state index in [9.17, 15) is 0 Å². The van der Waals surface area contributed by atoms with Crippen LogP contribution in [0.2, 0.25) is 0 Å². The fraction of sp³-hybridized carbons (Fsp3) is 1.00. The van der Waals surface area contributed by atoms with Crippen molar-refractivity contribution in [2.45, 2.75) is 85.0 Å². The largest absolute Gasteiger partial charge is 0.126 e. The summed E-state index contributed by atoms with van der Waals surface area (Å²) in [6.45, 7) is 6.91.